The van der Waals surface area contributed by atoms with Crippen LogP contribution in [0.4, 0.5) is 11.5 Å². The summed E-state index contributed by atoms with van der Waals surface area (Å²) in [5.41, 5.74) is 6.07. The fraction of sp³-hybridized carbons (Fsp3) is 0.0769. The van der Waals surface area contributed by atoms with Crippen LogP contribution in [0.25, 0.3) is 0 Å². The van der Waals surface area contributed by atoms with Gasteiger partial charge in [-0.15, -0.1) is 0 Å². The van der Waals surface area contributed by atoms with Gasteiger partial charge in [0, 0.05) is 5.02 Å². The third kappa shape index (κ3) is 4.11. The van der Waals surface area contributed by atoms with Crippen molar-refractivity contribution in [1.82, 2.24) is 4.98 Å². The highest BCUT2D eigenvalue weighted by molar-refractivity contribution is 9.10. The number of hydrogen-bond donors (Lipinski definition) is 2. The normalized spacial score (nSPS) is 10.1. The molecule has 2 rings (SSSR count). The SMILES string of the molecule is Nc1cnc(NC(=O)COc2ccc(Cl)cc2)c(Br)c1. The molecule has 0 unspecified atom stereocenters. The maximum atomic E-state index is 11.7. The number of amides is 1. The van der Waals surface area contributed by atoms with Crippen molar-refractivity contribution < 1.29 is 9.53 Å². The molecule has 1 aromatic heterocycles. The monoisotopic (exact) mass is 355 g/mol. The molecule has 0 fully saturated rings. The maximum Gasteiger partial charge on any atom is 0.263 e. The molecule has 5 nitrogen and oxygen atoms in total. The fourth-order valence-electron chi connectivity index (χ4n) is 1.39. The Hall–Kier alpha value is -1.79. The summed E-state index contributed by atoms with van der Waals surface area (Å²) in [6, 6.07) is 8.41. The van der Waals surface area contributed by atoms with Gasteiger partial charge in [0.15, 0.2) is 6.61 Å². The Labute approximate surface area is 129 Å². The summed E-state index contributed by atoms with van der Waals surface area (Å²) >= 11 is 9.02. The van der Waals surface area contributed by atoms with Crippen molar-refractivity contribution >= 4 is 44.9 Å². The molecule has 0 aliphatic carbocycles. The molecule has 20 heavy (non-hydrogen) atoms. The van der Waals surface area contributed by atoms with Crippen molar-refractivity contribution in [2.45, 2.75) is 0 Å². The lowest BCUT2D eigenvalue weighted by molar-refractivity contribution is -0.118. The van der Waals surface area contributed by atoms with Crippen LogP contribution in [0.1, 0.15) is 0 Å². The molecule has 2 aromatic rings. The standard InChI is InChI=1S/C13H11BrClN3O2/c14-11-5-9(16)6-17-13(11)18-12(19)7-20-10-3-1-8(15)2-4-10/h1-6H,7,16H2,(H,17,18,19). The number of nitrogens with two attached hydrogens (primary N) is 1. The van der Waals surface area contributed by atoms with Crippen LogP contribution in [0.15, 0.2) is 41.0 Å². The number of carbonyl (C=O) groups is 1. The second kappa shape index (κ2) is 6.58. The van der Waals surface area contributed by atoms with E-state index in [1.165, 1.54) is 6.20 Å². The first-order chi connectivity index (χ1) is 9.54. The molecule has 0 saturated heterocycles. The first kappa shape index (κ1) is 14.6. The van der Waals surface area contributed by atoms with Crippen LogP contribution in [0.2, 0.25) is 5.02 Å². The van der Waals surface area contributed by atoms with Gasteiger partial charge in [0.1, 0.15) is 11.6 Å². The van der Waals surface area contributed by atoms with Crippen LogP contribution < -0.4 is 15.8 Å². The predicted octanol–water partition coefficient (Wildman–Crippen LogP) is 3.10. The number of nitrogen functional groups attached to an aromatic ring is 1. The van der Waals surface area contributed by atoms with Crippen molar-refractivity contribution in [2.24, 2.45) is 0 Å². The van der Waals surface area contributed by atoms with Crippen molar-refractivity contribution in [3.05, 3.63) is 46.0 Å². The number of nitrogens with one attached hydrogen (secondary N) is 1. The van der Waals surface area contributed by atoms with E-state index in [0.717, 1.165) is 0 Å². The van der Waals surface area contributed by atoms with E-state index >= 15 is 0 Å². The molecule has 0 atom stereocenters. The van der Waals surface area contributed by atoms with E-state index < -0.39 is 0 Å². The Morgan fingerprint density at radius 3 is 2.75 bits per heavy atom. The Balaban J connectivity index is 1.90. The summed E-state index contributed by atoms with van der Waals surface area (Å²) in [6.45, 7) is -0.125. The molecular weight excluding hydrogens is 346 g/mol. The molecule has 104 valence electrons. The summed E-state index contributed by atoms with van der Waals surface area (Å²) in [5, 5.41) is 3.22. The van der Waals surface area contributed by atoms with E-state index in [1.54, 1.807) is 30.3 Å². The topological polar surface area (TPSA) is 77.2 Å². The number of pyridine rings is 1. The number of benzene rings is 1. The minimum Gasteiger partial charge on any atom is -0.484 e. The highest BCUT2D eigenvalue weighted by Crippen LogP contribution is 2.21. The lowest BCUT2D eigenvalue weighted by Gasteiger charge is -2.08. The molecule has 0 bridgehead atoms. The van der Waals surface area contributed by atoms with Crippen LogP contribution in [-0.2, 0) is 4.79 Å². The lowest BCUT2D eigenvalue weighted by Crippen LogP contribution is -2.21. The van der Waals surface area contributed by atoms with Crippen LogP contribution in [-0.4, -0.2) is 17.5 Å². The van der Waals surface area contributed by atoms with Gasteiger partial charge in [0.05, 0.1) is 16.4 Å². The quantitative estimate of drug-likeness (QED) is 0.882. The molecule has 1 amide bonds. The molecule has 3 N–H and O–H groups in total. The molecule has 7 heteroatoms. The zero-order valence-corrected chi connectivity index (χ0v) is 12.6. The number of rotatable bonds is 4. The third-order valence-corrected chi connectivity index (χ3v) is 3.16. The average molecular weight is 357 g/mol. The van der Waals surface area contributed by atoms with Gasteiger partial charge in [0.2, 0.25) is 0 Å². The van der Waals surface area contributed by atoms with Gasteiger partial charge in [-0.1, -0.05) is 11.6 Å². The van der Waals surface area contributed by atoms with E-state index in [2.05, 4.69) is 26.2 Å². The van der Waals surface area contributed by atoms with Gasteiger partial charge >= 0.3 is 0 Å². The molecule has 0 spiro atoms. The van der Waals surface area contributed by atoms with Crippen LogP contribution in [0, 0.1) is 0 Å². The highest BCUT2D eigenvalue weighted by atomic mass is 79.9. The Kier molecular flexibility index (Phi) is 4.81. The van der Waals surface area contributed by atoms with Gasteiger partial charge < -0.3 is 15.8 Å². The van der Waals surface area contributed by atoms with E-state index in [1.807, 2.05) is 0 Å². The number of ether oxygens (including phenoxy) is 1. The van der Waals surface area contributed by atoms with E-state index in [9.17, 15) is 4.79 Å². The molecule has 0 aliphatic rings. The summed E-state index contributed by atoms with van der Waals surface area (Å²) in [7, 11) is 0. The molecule has 0 aliphatic heterocycles. The van der Waals surface area contributed by atoms with Crippen molar-refractivity contribution in [3.8, 4) is 5.75 Å². The number of halogens is 2. The van der Waals surface area contributed by atoms with Gasteiger partial charge in [-0.2, -0.15) is 0 Å². The Morgan fingerprint density at radius 2 is 2.10 bits per heavy atom. The smallest absolute Gasteiger partial charge is 0.263 e. The van der Waals surface area contributed by atoms with E-state index in [0.29, 0.717) is 26.8 Å². The number of anilines is 2. The molecule has 0 radical (unpaired) electrons. The molecule has 1 heterocycles. The van der Waals surface area contributed by atoms with Crippen LogP contribution in [0.3, 0.4) is 0 Å². The van der Waals surface area contributed by atoms with Crippen molar-refractivity contribution in [2.75, 3.05) is 17.7 Å². The molecular formula is C13H11BrClN3O2. The van der Waals surface area contributed by atoms with Crippen molar-refractivity contribution in [3.63, 3.8) is 0 Å². The first-order valence-electron chi connectivity index (χ1n) is 5.64. The summed E-state index contributed by atoms with van der Waals surface area (Å²) in [6.07, 6.45) is 1.46. The van der Waals surface area contributed by atoms with Crippen LogP contribution in [0.5, 0.6) is 5.75 Å². The van der Waals surface area contributed by atoms with Gasteiger partial charge in [-0.3, -0.25) is 4.79 Å². The zero-order valence-electron chi connectivity index (χ0n) is 10.3. The van der Waals surface area contributed by atoms with Crippen LogP contribution >= 0.6 is 27.5 Å². The molecule has 0 saturated carbocycles. The average Bonchev–Trinajstić information content (AvgIpc) is 2.41. The third-order valence-electron chi connectivity index (χ3n) is 2.30. The van der Waals surface area contributed by atoms with Crippen molar-refractivity contribution in [1.29, 1.82) is 0 Å². The number of aromatic nitrogens is 1. The highest BCUT2D eigenvalue weighted by Gasteiger charge is 2.08. The van der Waals surface area contributed by atoms with Gasteiger partial charge in [0.25, 0.3) is 5.91 Å². The Bertz CT molecular complexity index is 620. The second-order valence-corrected chi connectivity index (χ2v) is 5.18. The summed E-state index contributed by atoms with van der Waals surface area (Å²) < 4.78 is 5.93. The number of hydrogen-bond acceptors (Lipinski definition) is 4. The number of carbonyl (C=O) groups excluding carboxylic acids is 1. The number of nitrogens with zero attached hydrogens (tertiary/aromatic N) is 1. The van der Waals surface area contributed by atoms with E-state index in [4.69, 9.17) is 22.1 Å². The Morgan fingerprint density at radius 1 is 1.40 bits per heavy atom. The zero-order chi connectivity index (χ0) is 14.5. The minimum atomic E-state index is -0.321. The van der Waals surface area contributed by atoms with E-state index in [-0.39, 0.29) is 12.5 Å². The van der Waals surface area contributed by atoms with Gasteiger partial charge in [-0.25, -0.2) is 4.98 Å². The molecule has 1 aromatic carbocycles. The minimum absolute atomic E-state index is 0.125. The second-order valence-electron chi connectivity index (χ2n) is 3.89. The predicted molar refractivity (Wildman–Crippen MR) is 81.9 cm³/mol. The summed E-state index contributed by atoms with van der Waals surface area (Å²) in [4.78, 5) is 15.7. The summed E-state index contributed by atoms with van der Waals surface area (Å²) in [5.74, 6) is 0.635. The fourth-order valence-corrected chi connectivity index (χ4v) is 1.98. The largest absolute Gasteiger partial charge is 0.484 e. The lowest BCUT2D eigenvalue weighted by atomic mass is 10.3. The maximum absolute atomic E-state index is 11.7. The first-order valence-corrected chi connectivity index (χ1v) is 6.81. The van der Waals surface area contributed by atoms with Gasteiger partial charge in [-0.05, 0) is 46.3 Å².